The molecule has 0 atom stereocenters. The predicted octanol–water partition coefficient (Wildman–Crippen LogP) is 6.24. The zero-order chi connectivity index (χ0) is 20.7. The van der Waals surface area contributed by atoms with Crippen LogP contribution in [-0.4, -0.2) is 20.2 Å². The van der Waals surface area contributed by atoms with E-state index in [4.69, 9.17) is 9.47 Å². The van der Waals surface area contributed by atoms with E-state index in [2.05, 4.69) is 18.2 Å². The van der Waals surface area contributed by atoms with Crippen molar-refractivity contribution in [2.24, 2.45) is 17.8 Å². The first kappa shape index (κ1) is 20.0. The van der Waals surface area contributed by atoms with Crippen LogP contribution in [-0.2, 0) is 15.9 Å². The number of ether oxygens (including phenoxy) is 2. The first-order valence-electron chi connectivity index (χ1n) is 11.1. The third-order valence-corrected chi connectivity index (χ3v) is 8.63. The van der Waals surface area contributed by atoms with Gasteiger partial charge in [0.1, 0.15) is 5.75 Å². The SMILES string of the molecule is COC(=O)c1ccc(CSc2ccc(OC)c(C34CC5CC(CC(C5)C3)C4)c2)cc1. The minimum Gasteiger partial charge on any atom is -0.496 e. The number of methoxy groups -OCH3 is 2. The van der Waals surface area contributed by atoms with Gasteiger partial charge in [-0.25, -0.2) is 4.79 Å². The van der Waals surface area contributed by atoms with Crippen LogP contribution in [0.2, 0.25) is 0 Å². The topological polar surface area (TPSA) is 35.5 Å². The smallest absolute Gasteiger partial charge is 0.337 e. The van der Waals surface area contributed by atoms with Crippen molar-refractivity contribution in [3.05, 3.63) is 59.2 Å². The molecular formula is C26H30O3S. The van der Waals surface area contributed by atoms with E-state index < -0.39 is 0 Å². The molecule has 4 heteroatoms. The molecule has 2 aromatic rings. The van der Waals surface area contributed by atoms with Crippen LogP contribution >= 0.6 is 11.8 Å². The largest absolute Gasteiger partial charge is 0.496 e. The number of carbonyl (C=O) groups is 1. The van der Waals surface area contributed by atoms with Crippen LogP contribution in [0.5, 0.6) is 5.75 Å². The van der Waals surface area contributed by atoms with Gasteiger partial charge in [-0.2, -0.15) is 0 Å². The average Bonchev–Trinajstić information content (AvgIpc) is 2.76. The number of hydrogen-bond donors (Lipinski definition) is 0. The zero-order valence-electron chi connectivity index (χ0n) is 17.9. The Bertz CT molecular complexity index is 899. The lowest BCUT2D eigenvalue weighted by atomic mass is 9.48. The standard InChI is InChI=1S/C26H30O3S/c1-28-24-8-7-22(30-16-17-3-5-21(6-4-17)25(27)29-2)12-23(24)26-13-18-9-19(14-26)11-20(10-18)15-26/h3-8,12,18-20H,9-11,13-16H2,1-2H3. The van der Waals surface area contributed by atoms with Gasteiger partial charge < -0.3 is 9.47 Å². The van der Waals surface area contributed by atoms with Crippen molar-refractivity contribution in [3.63, 3.8) is 0 Å². The highest BCUT2D eigenvalue weighted by molar-refractivity contribution is 7.98. The van der Waals surface area contributed by atoms with E-state index in [1.165, 1.54) is 61.7 Å². The Morgan fingerprint density at radius 2 is 1.60 bits per heavy atom. The Morgan fingerprint density at radius 1 is 0.967 bits per heavy atom. The fraction of sp³-hybridized carbons (Fsp3) is 0.500. The van der Waals surface area contributed by atoms with E-state index in [0.29, 0.717) is 11.0 Å². The molecule has 30 heavy (non-hydrogen) atoms. The van der Waals surface area contributed by atoms with Crippen LogP contribution in [0.4, 0.5) is 0 Å². The molecule has 2 aromatic carbocycles. The summed E-state index contributed by atoms with van der Waals surface area (Å²) in [5, 5.41) is 0. The first-order chi connectivity index (χ1) is 14.6. The molecule has 4 saturated carbocycles. The lowest BCUT2D eigenvalue weighted by Gasteiger charge is -2.57. The maximum atomic E-state index is 11.6. The summed E-state index contributed by atoms with van der Waals surface area (Å²) in [4.78, 5) is 12.9. The first-order valence-corrected chi connectivity index (χ1v) is 12.1. The molecule has 0 aliphatic heterocycles. The van der Waals surface area contributed by atoms with Crippen molar-refractivity contribution in [1.29, 1.82) is 0 Å². The normalized spacial score (nSPS) is 29.1. The molecule has 4 fully saturated rings. The van der Waals surface area contributed by atoms with Crippen molar-refractivity contribution in [3.8, 4) is 5.75 Å². The number of hydrogen-bond acceptors (Lipinski definition) is 4. The molecule has 0 amide bonds. The van der Waals surface area contributed by atoms with Gasteiger partial charge in [0.05, 0.1) is 19.8 Å². The Morgan fingerprint density at radius 3 is 2.17 bits per heavy atom. The Hall–Kier alpha value is -1.94. The molecule has 0 radical (unpaired) electrons. The molecular weight excluding hydrogens is 392 g/mol. The summed E-state index contributed by atoms with van der Waals surface area (Å²) in [6.45, 7) is 0. The quantitative estimate of drug-likeness (QED) is 0.408. The predicted molar refractivity (Wildman–Crippen MR) is 120 cm³/mol. The van der Waals surface area contributed by atoms with Gasteiger partial charge in [-0.05, 0) is 97.6 Å². The summed E-state index contributed by atoms with van der Waals surface area (Å²) in [6, 6.07) is 14.5. The molecule has 0 spiro atoms. The van der Waals surface area contributed by atoms with Gasteiger partial charge >= 0.3 is 5.97 Å². The maximum absolute atomic E-state index is 11.6. The molecule has 0 N–H and O–H groups in total. The number of esters is 1. The van der Waals surface area contributed by atoms with Gasteiger partial charge in [-0.3, -0.25) is 0 Å². The minimum atomic E-state index is -0.287. The van der Waals surface area contributed by atoms with E-state index in [1.807, 2.05) is 43.1 Å². The third kappa shape index (κ3) is 3.64. The Labute approximate surface area is 183 Å². The van der Waals surface area contributed by atoms with Crippen molar-refractivity contribution in [2.45, 2.75) is 54.6 Å². The molecule has 4 aliphatic rings. The molecule has 6 rings (SSSR count). The van der Waals surface area contributed by atoms with Crippen LogP contribution in [0.3, 0.4) is 0 Å². The second kappa shape index (κ2) is 7.96. The summed E-state index contributed by atoms with van der Waals surface area (Å²) in [7, 11) is 3.23. The highest BCUT2D eigenvalue weighted by Gasteiger charge is 2.52. The van der Waals surface area contributed by atoms with Crippen molar-refractivity contribution in [1.82, 2.24) is 0 Å². The van der Waals surface area contributed by atoms with Gasteiger partial charge in [0, 0.05) is 16.2 Å². The molecule has 4 bridgehead atoms. The minimum absolute atomic E-state index is 0.287. The Balaban J connectivity index is 1.36. The fourth-order valence-electron chi connectivity index (χ4n) is 6.65. The second-order valence-corrected chi connectivity index (χ2v) is 10.6. The Kier molecular flexibility index (Phi) is 5.30. The van der Waals surface area contributed by atoms with Gasteiger partial charge in [0.15, 0.2) is 0 Å². The van der Waals surface area contributed by atoms with Crippen molar-refractivity contribution in [2.75, 3.05) is 14.2 Å². The second-order valence-electron chi connectivity index (χ2n) is 9.54. The number of thioether (sulfide) groups is 1. The van der Waals surface area contributed by atoms with Crippen LogP contribution in [0.15, 0.2) is 47.4 Å². The summed E-state index contributed by atoms with van der Waals surface area (Å²) in [5.41, 5.74) is 3.59. The average molecular weight is 423 g/mol. The van der Waals surface area contributed by atoms with Crippen LogP contribution in [0, 0.1) is 17.8 Å². The summed E-state index contributed by atoms with van der Waals surface area (Å²) >= 11 is 1.86. The van der Waals surface area contributed by atoms with Gasteiger partial charge in [0.25, 0.3) is 0 Å². The van der Waals surface area contributed by atoms with E-state index in [-0.39, 0.29) is 5.97 Å². The van der Waals surface area contributed by atoms with Gasteiger partial charge in [-0.1, -0.05) is 12.1 Å². The third-order valence-electron chi connectivity index (χ3n) is 7.56. The van der Waals surface area contributed by atoms with Gasteiger partial charge in [-0.15, -0.1) is 11.8 Å². The molecule has 0 unspecified atom stereocenters. The van der Waals surface area contributed by atoms with Crippen LogP contribution in [0.1, 0.15) is 60.0 Å². The monoisotopic (exact) mass is 422 g/mol. The highest BCUT2D eigenvalue weighted by Crippen LogP contribution is 2.62. The van der Waals surface area contributed by atoms with Crippen LogP contribution in [0.25, 0.3) is 0 Å². The summed E-state index contributed by atoms with van der Waals surface area (Å²) < 4.78 is 10.6. The maximum Gasteiger partial charge on any atom is 0.337 e. The van der Waals surface area contributed by atoms with Gasteiger partial charge in [0.2, 0.25) is 0 Å². The van der Waals surface area contributed by atoms with Crippen LogP contribution < -0.4 is 4.74 Å². The zero-order valence-corrected chi connectivity index (χ0v) is 18.7. The molecule has 3 nitrogen and oxygen atoms in total. The molecule has 0 heterocycles. The van der Waals surface area contributed by atoms with E-state index >= 15 is 0 Å². The molecule has 0 aromatic heterocycles. The summed E-state index contributed by atoms with van der Waals surface area (Å²) in [6.07, 6.45) is 8.40. The number of carbonyl (C=O) groups excluding carboxylic acids is 1. The van der Waals surface area contributed by atoms with Crippen molar-refractivity contribution >= 4 is 17.7 Å². The summed E-state index contributed by atoms with van der Waals surface area (Å²) in [5.74, 6) is 4.43. The number of benzene rings is 2. The highest BCUT2D eigenvalue weighted by atomic mass is 32.2. The lowest BCUT2D eigenvalue weighted by Crippen LogP contribution is -2.48. The molecule has 158 valence electrons. The lowest BCUT2D eigenvalue weighted by molar-refractivity contribution is -0.00625. The molecule has 0 saturated heterocycles. The van der Waals surface area contributed by atoms with E-state index in [1.54, 1.807) is 0 Å². The molecule has 4 aliphatic carbocycles. The fourth-order valence-corrected chi connectivity index (χ4v) is 7.54. The van der Waals surface area contributed by atoms with E-state index in [9.17, 15) is 4.79 Å². The number of rotatable bonds is 6. The van der Waals surface area contributed by atoms with E-state index in [0.717, 1.165) is 29.3 Å². The van der Waals surface area contributed by atoms with Crippen molar-refractivity contribution < 1.29 is 14.3 Å².